The Morgan fingerprint density at radius 3 is 2.48 bits per heavy atom. The van der Waals surface area contributed by atoms with Crippen LogP contribution in [0, 0.1) is 6.92 Å². The van der Waals surface area contributed by atoms with Gasteiger partial charge in [-0.2, -0.15) is 0 Å². The first-order chi connectivity index (χ1) is 10.8. The van der Waals surface area contributed by atoms with Crippen LogP contribution < -0.4 is 10.6 Å². The van der Waals surface area contributed by atoms with Gasteiger partial charge in [-0.15, -0.1) is 0 Å². The second-order valence-electron chi connectivity index (χ2n) is 6.19. The van der Waals surface area contributed by atoms with Crippen molar-refractivity contribution in [3.05, 3.63) is 35.4 Å². The van der Waals surface area contributed by atoms with Crippen LogP contribution in [0.15, 0.2) is 24.3 Å². The van der Waals surface area contributed by atoms with Gasteiger partial charge in [0.05, 0.1) is 0 Å². The molecule has 124 valence electrons. The van der Waals surface area contributed by atoms with Crippen LogP contribution in [0.4, 0.5) is 4.79 Å². The van der Waals surface area contributed by atoms with Gasteiger partial charge in [0, 0.05) is 6.04 Å². The first kappa shape index (κ1) is 17.0. The molecule has 0 bridgehead atoms. The van der Waals surface area contributed by atoms with Crippen molar-refractivity contribution in [1.82, 2.24) is 15.5 Å². The second-order valence-corrected chi connectivity index (χ2v) is 6.19. The van der Waals surface area contributed by atoms with Gasteiger partial charge in [0.25, 0.3) is 5.91 Å². The lowest BCUT2D eigenvalue weighted by Gasteiger charge is -2.22. The molecule has 1 saturated heterocycles. The molecule has 0 aliphatic carbocycles. The van der Waals surface area contributed by atoms with Gasteiger partial charge in [0.1, 0.15) is 12.1 Å². The number of nitrogens with one attached hydrogen (secondary N) is 2. The monoisotopic (exact) mass is 317 g/mol. The highest BCUT2D eigenvalue weighted by Gasteiger charge is 2.49. The van der Waals surface area contributed by atoms with Gasteiger partial charge in [0.15, 0.2) is 0 Å². The van der Waals surface area contributed by atoms with Gasteiger partial charge in [-0.05, 0) is 32.8 Å². The summed E-state index contributed by atoms with van der Waals surface area (Å²) in [5.41, 5.74) is 0.631. The smallest absolute Gasteiger partial charge is 0.325 e. The number of hydrogen-bond donors (Lipinski definition) is 2. The van der Waals surface area contributed by atoms with E-state index < -0.39 is 17.5 Å². The van der Waals surface area contributed by atoms with Gasteiger partial charge >= 0.3 is 6.03 Å². The zero-order valence-electron chi connectivity index (χ0n) is 14.0. The summed E-state index contributed by atoms with van der Waals surface area (Å²) >= 11 is 0. The number of carbonyl (C=O) groups is 3. The lowest BCUT2D eigenvalue weighted by Crippen LogP contribution is -2.44. The average Bonchev–Trinajstić information content (AvgIpc) is 2.72. The molecule has 0 saturated carbocycles. The third-order valence-electron chi connectivity index (χ3n) is 4.23. The first-order valence-corrected chi connectivity index (χ1v) is 7.78. The van der Waals surface area contributed by atoms with Crippen LogP contribution in [0.1, 0.15) is 38.3 Å². The van der Waals surface area contributed by atoms with E-state index in [9.17, 15) is 14.4 Å². The molecular weight excluding hydrogens is 294 g/mol. The van der Waals surface area contributed by atoms with Crippen molar-refractivity contribution in [2.45, 2.75) is 45.7 Å². The van der Waals surface area contributed by atoms with Crippen molar-refractivity contribution in [3.8, 4) is 0 Å². The van der Waals surface area contributed by atoms with Gasteiger partial charge in [-0.25, -0.2) is 4.79 Å². The van der Waals surface area contributed by atoms with Gasteiger partial charge < -0.3 is 10.6 Å². The average molecular weight is 317 g/mol. The quantitative estimate of drug-likeness (QED) is 0.811. The number of amides is 4. The van der Waals surface area contributed by atoms with Crippen molar-refractivity contribution in [2.75, 3.05) is 6.54 Å². The van der Waals surface area contributed by atoms with Crippen LogP contribution in [0.3, 0.4) is 0 Å². The molecule has 1 aliphatic heterocycles. The summed E-state index contributed by atoms with van der Waals surface area (Å²) in [4.78, 5) is 37.8. The molecule has 6 heteroatoms. The van der Waals surface area contributed by atoms with Crippen LogP contribution in [0.25, 0.3) is 0 Å². The molecule has 2 atom stereocenters. The molecule has 1 aromatic carbocycles. The second kappa shape index (κ2) is 6.40. The Balaban J connectivity index is 2.16. The van der Waals surface area contributed by atoms with Gasteiger partial charge in [-0.1, -0.05) is 36.8 Å². The van der Waals surface area contributed by atoms with Crippen molar-refractivity contribution in [3.63, 3.8) is 0 Å². The number of hydrogen-bond acceptors (Lipinski definition) is 3. The fourth-order valence-electron chi connectivity index (χ4n) is 2.49. The largest absolute Gasteiger partial charge is 0.352 e. The Morgan fingerprint density at radius 2 is 1.91 bits per heavy atom. The molecule has 2 unspecified atom stereocenters. The Labute approximate surface area is 136 Å². The molecule has 6 nitrogen and oxygen atoms in total. The minimum Gasteiger partial charge on any atom is -0.352 e. The highest BCUT2D eigenvalue weighted by molar-refractivity contribution is 6.09. The van der Waals surface area contributed by atoms with E-state index >= 15 is 0 Å². The summed E-state index contributed by atoms with van der Waals surface area (Å²) in [7, 11) is 0. The Kier molecular flexibility index (Phi) is 4.73. The number of rotatable bonds is 5. The summed E-state index contributed by atoms with van der Waals surface area (Å²) in [6.45, 7) is 7.17. The molecule has 0 radical (unpaired) electrons. The predicted molar refractivity (Wildman–Crippen MR) is 86.7 cm³/mol. The Morgan fingerprint density at radius 1 is 1.30 bits per heavy atom. The number of carbonyl (C=O) groups excluding carboxylic acids is 3. The van der Waals surface area contributed by atoms with E-state index in [0.717, 1.165) is 16.9 Å². The third kappa shape index (κ3) is 3.36. The highest BCUT2D eigenvalue weighted by Crippen LogP contribution is 2.28. The number of aryl methyl sites for hydroxylation is 1. The highest BCUT2D eigenvalue weighted by atomic mass is 16.2. The standard InChI is InChI=1S/C17H23N3O3/c1-5-12(3)18-14(21)10-20-15(22)17(4,19-16(20)23)13-8-6-11(2)7-9-13/h6-9,12H,5,10H2,1-4H3,(H,18,21)(H,19,23). The summed E-state index contributed by atoms with van der Waals surface area (Å²) in [6.07, 6.45) is 0.785. The van der Waals surface area contributed by atoms with Gasteiger partial charge in [-0.3, -0.25) is 14.5 Å². The van der Waals surface area contributed by atoms with E-state index in [1.807, 2.05) is 45.0 Å². The lowest BCUT2D eigenvalue weighted by molar-refractivity contribution is -0.135. The molecule has 1 heterocycles. The van der Waals surface area contributed by atoms with Crippen molar-refractivity contribution < 1.29 is 14.4 Å². The Hall–Kier alpha value is -2.37. The summed E-state index contributed by atoms with van der Waals surface area (Å²) < 4.78 is 0. The van der Waals surface area contributed by atoms with Crippen molar-refractivity contribution in [2.24, 2.45) is 0 Å². The summed E-state index contributed by atoms with van der Waals surface area (Å²) in [5, 5.41) is 5.46. The van der Waals surface area contributed by atoms with Crippen LogP contribution in [0.5, 0.6) is 0 Å². The predicted octanol–water partition coefficient (Wildman–Crippen LogP) is 1.68. The maximum atomic E-state index is 12.7. The summed E-state index contributed by atoms with van der Waals surface area (Å²) in [5.74, 6) is -0.748. The zero-order valence-corrected chi connectivity index (χ0v) is 14.0. The van der Waals surface area contributed by atoms with Crippen LogP contribution in [-0.2, 0) is 15.1 Å². The maximum Gasteiger partial charge on any atom is 0.325 e. The molecule has 0 spiro atoms. The summed E-state index contributed by atoms with van der Waals surface area (Å²) in [6, 6.07) is 6.87. The lowest BCUT2D eigenvalue weighted by atomic mass is 9.91. The van der Waals surface area contributed by atoms with Crippen LogP contribution in [-0.4, -0.2) is 35.3 Å². The molecule has 23 heavy (non-hydrogen) atoms. The van der Waals surface area contributed by atoms with Crippen LogP contribution >= 0.6 is 0 Å². The van der Waals surface area contributed by atoms with Crippen molar-refractivity contribution >= 4 is 17.8 Å². The molecule has 1 fully saturated rings. The minimum absolute atomic E-state index is 0.00625. The minimum atomic E-state index is -1.14. The number of benzene rings is 1. The Bertz CT molecular complexity index is 626. The van der Waals surface area contributed by atoms with E-state index in [1.165, 1.54) is 0 Å². The van der Waals surface area contributed by atoms with E-state index in [-0.39, 0.29) is 18.5 Å². The van der Waals surface area contributed by atoms with Crippen molar-refractivity contribution in [1.29, 1.82) is 0 Å². The SMILES string of the molecule is CCC(C)NC(=O)CN1C(=O)NC(C)(c2ccc(C)cc2)C1=O. The van der Waals surface area contributed by atoms with E-state index in [1.54, 1.807) is 6.92 Å². The van der Waals surface area contributed by atoms with Crippen LogP contribution in [0.2, 0.25) is 0 Å². The number of nitrogens with zero attached hydrogens (tertiary/aromatic N) is 1. The molecule has 0 aromatic heterocycles. The van der Waals surface area contributed by atoms with E-state index in [0.29, 0.717) is 5.56 Å². The zero-order chi connectivity index (χ0) is 17.2. The van der Waals surface area contributed by atoms with Gasteiger partial charge in [0.2, 0.25) is 5.91 Å². The molecule has 1 aliphatic rings. The number of imide groups is 1. The molecule has 1 aromatic rings. The third-order valence-corrected chi connectivity index (χ3v) is 4.23. The first-order valence-electron chi connectivity index (χ1n) is 7.78. The maximum absolute atomic E-state index is 12.7. The van der Waals surface area contributed by atoms with E-state index in [2.05, 4.69) is 10.6 Å². The number of urea groups is 1. The topological polar surface area (TPSA) is 78.5 Å². The molecular formula is C17H23N3O3. The fourth-order valence-corrected chi connectivity index (χ4v) is 2.49. The molecule has 2 N–H and O–H groups in total. The molecule has 2 rings (SSSR count). The normalized spacial score (nSPS) is 22.0. The fraction of sp³-hybridized carbons (Fsp3) is 0.471. The molecule has 4 amide bonds. The van der Waals surface area contributed by atoms with E-state index in [4.69, 9.17) is 0 Å².